The third-order valence-corrected chi connectivity index (χ3v) is 4.86. The summed E-state index contributed by atoms with van der Waals surface area (Å²) in [5.41, 5.74) is -0.107. The molecule has 0 atom stereocenters. The summed E-state index contributed by atoms with van der Waals surface area (Å²) in [6.45, 7) is 4.47. The molecule has 0 bridgehead atoms. The molecule has 0 unspecified atom stereocenters. The summed E-state index contributed by atoms with van der Waals surface area (Å²) in [5, 5.41) is 13.1. The lowest BCUT2D eigenvalue weighted by Gasteiger charge is -2.44. The van der Waals surface area contributed by atoms with Crippen LogP contribution >= 0.6 is 0 Å². The zero-order valence-corrected chi connectivity index (χ0v) is 12.7. The van der Waals surface area contributed by atoms with E-state index in [-0.39, 0.29) is 22.9 Å². The minimum Gasteiger partial charge on any atom is -0.478 e. The number of hydrogen-bond donors (Lipinski definition) is 1. The molecule has 22 heavy (non-hydrogen) atoms. The largest absolute Gasteiger partial charge is 0.478 e. The Balaban J connectivity index is 1.60. The second-order valence-electron chi connectivity index (χ2n) is 6.16. The summed E-state index contributed by atoms with van der Waals surface area (Å²) >= 11 is 0. The van der Waals surface area contributed by atoms with Crippen molar-refractivity contribution in [3.63, 3.8) is 0 Å². The number of carbonyl (C=O) groups excluding carboxylic acids is 1. The molecule has 2 aliphatic heterocycles. The maximum atomic E-state index is 12.6. The first-order valence-corrected chi connectivity index (χ1v) is 7.70. The molecule has 3 heterocycles. The molecular weight excluding hydrogens is 286 g/mol. The van der Waals surface area contributed by atoms with E-state index >= 15 is 0 Å². The monoisotopic (exact) mass is 307 g/mol. The molecule has 0 radical (unpaired) electrons. The van der Waals surface area contributed by atoms with Gasteiger partial charge in [-0.15, -0.1) is 0 Å². The summed E-state index contributed by atoms with van der Waals surface area (Å²) in [7, 11) is 0. The Morgan fingerprint density at radius 3 is 2.55 bits per heavy atom. The van der Waals surface area contributed by atoms with E-state index in [1.807, 2.05) is 11.8 Å². The molecule has 0 spiro atoms. The lowest BCUT2D eigenvalue weighted by Crippen LogP contribution is -2.56. The molecule has 1 aromatic heterocycles. The van der Waals surface area contributed by atoms with Crippen molar-refractivity contribution in [3.05, 3.63) is 18.0 Å². The average Bonchev–Trinajstić information content (AvgIpc) is 2.97. The van der Waals surface area contributed by atoms with Gasteiger partial charge in [0.1, 0.15) is 0 Å². The number of ether oxygens (including phenoxy) is 1. The van der Waals surface area contributed by atoms with Crippen LogP contribution in [0.1, 0.15) is 42.6 Å². The Bertz CT molecular complexity index is 566. The third-order valence-electron chi connectivity index (χ3n) is 4.86. The molecule has 0 aliphatic carbocycles. The molecule has 0 aromatic carbocycles. The van der Waals surface area contributed by atoms with Crippen molar-refractivity contribution in [2.45, 2.75) is 32.2 Å². The summed E-state index contributed by atoms with van der Waals surface area (Å²) in [5.74, 6) is -0.764. The number of hydrogen-bond acceptors (Lipinski definition) is 4. The number of amides is 1. The summed E-state index contributed by atoms with van der Waals surface area (Å²) < 4.78 is 6.96. The van der Waals surface area contributed by atoms with E-state index in [0.29, 0.717) is 26.3 Å². The van der Waals surface area contributed by atoms with Crippen molar-refractivity contribution < 1.29 is 19.4 Å². The van der Waals surface area contributed by atoms with Gasteiger partial charge in [0.2, 0.25) is 5.91 Å². The zero-order valence-electron chi connectivity index (χ0n) is 12.7. The van der Waals surface area contributed by atoms with Gasteiger partial charge in [-0.3, -0.25) is 9.48 Å². The lowest BCUT2D eigenvalue weighted by atomic mass is 9.81. The van der Waals surface area contributed by atoms with Gasteiger partial charge in [0.25, 0.3) is 0 Å². The Labute approximate surface area is 128 Å². The fourth-order valence-corrected chi connectivity index (χ4v) is 3.14. The Hall–Kier alpha value is -1.89. The van der Waals surface area contributed by atoms with Gasteiger partial charge in [-0.1, -0.05) is 6.92 Å². The molecule has 1 amide bonds. The number of carboxylic acids is 1. The highest BCUT2D eigenvalue weighted by Crippen LogP contribution is 2.35. The molecule has 7 nitrogen and oxygen atoms in total. The van der Waals surface area contributed by atoms with Crippen LogP contribution in [0.4, 0.5) is 0 Å². The number of aromatic nitrogens is 2. The number of carboxylic acid groups (broad SMARTS) is 1. The van der Waals surface area contributed by atoms with E-state index in [2.05, 4.69) is 5.10 Å². The molecule has 7 heteroatoms. The van der Waals surface area contributed by atoms with Gasteiger partial charge in [0, 0.05) is 19.3 Å². The number of piperidine rings is 1. The summed E-state index contributed by atoms with van der Waals surface area (Å²) in [6.07, 6.45) is 5.35. The maximum Gasteiger partial charge on any atom is 0.338 e. The van der Waals surface area contributed by atoms with Crippen LogP contribution in [0, 0.1) is 5.41 Å². The van der Waals surface area contributed by atoms with Crippen LogP contribution in [0.25, 0.3) is 0 Å². The van der Waals surface area contributed by atoms with Gasteiger partial charge in [-0.2, -0.15) is 5.10 Å². The van der Waals surface area contributed by atoms with Crippen molar-refractivity contribution >= 4 is 11.9 Å². The standard InChI is InChI=1S/C15H21N3O4/c1-2-15(9-22-10-15)14(21)17-5-3-12(4-6-17)18-8-11(7-16-18)13(19)20/h7-8,12H,2-6,9-10H2,1H3,(H,19,20). The predicted octanol–water partition coefficient (Wildman–Crippen LogP) is 1.17. The number of rotatable bonds is 4. The molecule has 1 aromatic rings. The molecule has 1 N–H and O–H groups in total. The Morgan fingerprint density at radius 1 is 1.41 bits per heavy atom. The summed E-state index contributed by atoms with van der Waals surface area (Å²) in [6, 6.07) is 0.160. The minimum absolute atomic E-state index is 0.160. The maximum absolute atomic E-state index is 12.6. The number of carbonyl (C=O) groups is 2. The van der Waals surface area contributed by atoms with Crippen LogP contribution in [0.15, 0.2) is 12.4 Å². The van der Waals surface area contributed by atoms with Gasteiger partial charge >= 0.3 is 5.97 Å². The number of aromatic carboxylic acids is 1. The lowest BCUT2D eigenvalue weighted by molar-refractivity contribution is -0.174. The highest BCUT2D eigenvalue weighted by Gasteiger charge is 2.46. The highest BCUT2D eigenvalue weighted by molar-refractivity contribution is 5.86. The van der Waals surface area contributed by atoms with Crippen molar-refractivity contribution in [3.8, 4) is 0 Å². The molecule has 0 saturated carbocycles. The van der Waals surface area contributed by atoms with Crippen LogP contribution in [-0.2, 0) is 9.53 Å². The van der Waals surface area contributed by atoms with Gasteiger partial charge in [0.15, 0.2) is 0 Å². The molecular formula is C15H21N3O4. The van der Waals surface area contributed by atoms with Crippen LogP contribution in [0.3, 0.4) is 0 Å². The quantitative estimate of drug-likeness (QED) is 0.902. The molecule has 3 rings (SSSR count). The van der Waals surface area contributed by atoms with Crippen LogP contribution in [0.5, 0.6) is 0 Å². The molecule has 2 aliphatic rings. The van der Waals surface area contributed by atoms with Gasteiger partial charge < -0.3 is 14.7 Å². The van der Waals surface area contributed by atoms with Gasteiger partial charge in [0.05, 0.1) is 36.4 Å². The van der Waals surface area contributed by atoms with E-state index in [9.17, 15) is 9.59 Å². The fourth-order valence-electron chi connectivity index (χ4n) is 3.14. The van der Waals surface area contributed by atoms with Crippen LogP contribution in [0.2, 0.25) is 0 Å². The Morgan fingerprint density at radius 2 is 2.09 bits per heavy atom. The van der Waals surface area contributed by atoms with E-state index in [1.165, 1.54) is 6.20 Å². The van der Waals surface area contributed by atoms with Crippen molar-refractivity contribution in [1.29, 1.82) is 0 Å². The first kappa shape index (κ1) is 15.0. The average molecular weight is 307 g/mol. The van der Waals surface area contributed by atoms with Gasteiger partial charge in [-0.05, 0) is 19.3 Å². The number of likely N-dealkylation sites (tertiary alicyclic amines) is 1. The zero-order chi connectivity index (χ0) is 15.7. The predicted molar refractivity (Wildman–Crippen MR) is 77.6 cm³/mol. The van der Waals surface area contributed by atoms with E-state index in [1.54, 1.807) is 10.9 Å². The smallest absolute Gasteiger partial charge is 0.338 e. The van der Waals surface area contributed by atoms with E-state index in [4.69, 9.17) is 9.84 Å². The van der Waals surface area contributed by atoms with Crippen LogP contribution < -0.4 is 0 Å². The molecule has 120 valence electrons. The number of nitrogens with zero attached hydrogens (tertiary/aromatic N) is 3. The van der Waals surface area contributed by atoms with Crippen molar-refractivity contribution in [2.24, 2.45) is 5.41 Å². The summed E-state index contributed by atoms with van der Waals surface area (Å²) in [4.78, 5) is 25.4. The normalized spacial score (nSPS) is 21.4. The molecule has 2 saturated heterocycles. The first-order valence-electron chi connectivity index (χ1n) is 7.70. The Kier molecular flexibility index (Phi) is 3.90. The second kappa shape index (κ2) is 5.72. The second-order valence-corrected chi connectivity index (χ2v) is 6.16. The highest BCUT2D eigenvalue weighted by atomic mass is 16.5. The minimum atomic E-state index is -0.964. The SMILES string of the molecule is CCC1(C(=O)N2CCC(n3cc(C(=O)O)cn3)CC2)COC1. The van der Waals surface area contributed by atoms with Crippen molar-refractivity contribution in [2.75, 3.05) is 26.3 Å². The molecule has 2 fully saturated rings. The van der Waals surface area contributed by atoms with Gasteiger partial charge in [-0.25, -0.2) is 4.79 Å². The van der Waals surface area contributed by atoms with Crippen LogP contribution in [-0.4, -0.2) is 58.0 Å². The topological polar surface area (TPSA) is 84.7 Å². The third kappa shape index (κ3) is 2.49. The van der Waals surface area contributed by atoms with Crippen molar-refractivity contribution in [1.82, 2.24) is 14.7 Å². The van der Waals surface area contributed by atoms with E-state index in [0.717, 1.165) is 19.3 Å². The van der Waals surface area contributed by atoms with E-state index < -0.39 is 5.97 Å². The fraction of sp³-hybridized carbons (Fsp3) is 0.667. The first-order chi connectivity index (χ1) is 10.6.